The minimum atomic E-state index is -0.961. The molecular weight excluding hydrogens is 312 g/mol. The highest BCUT2D eigenvalue weighted by molar-refractivity contribution is 5.92. The Morgan fingerprint density at radius 2 is 1.92 bits per heavy atom. The first-order chi connectivity index (χ1) is 11.6. The lowest BCUT2D eigenvalue weighted by Gasteiger charge is -2.38. The molecular formula is C17H18N2O5. The van der Waals surface area contributed by atoms with Crippen LogP contribution in [-0.4, -0.2) is 47.2 Å². The molecule has 2 aromatic rings. The van der Waals surface area contributed by atoms with Crippen molar-refractivity contribution in [3.63, 3.8) is 0 Å². The second-order valence-electron chi connectivity index (χ2n) is 5.78. The van der Waals surface area contributed by atoms with E-state index in [1.807, 2.05) is 30.3 Å². The third-order valence-corrected chi connectivity index (χ3v) is 4.55. The topological polar surface area (TPSA) is 92.9 Å². The molecule has 1 aromatic carbocycles. The van der Waals surface area contributed by atoms with Crippen molar-refractivity contribution in [3.8, 4) is 5.88 Å². The van der Waals surface area contributed by atoms with E-state index in [-0.39, 0.29) is 17.5 Å². The molecule has 24 heavy (non-hydrogen) atoms. The fraction of sp³-hybridized carbons (Fsp3) is 0.353. The highest BCUT2D eigenvalue weighted by Gasteiger charge is 2.44. The molecule has 1 aromatic heterocycles. The van der Waals surface area contributed by atoms with Crippen LogP contribution in [-0.2, 0) is 10.2 Å². The molecule has 7 heteroatoms. The summed E-state index contributed by atoms with van der Waals surface area (Å²) in [7, 11) is 1.44. The molecule has 0 saturated carbocycles. The van der Waals surface area contributed by atoms with Gasteiger partial charge < -0.3 is 19.3 Å². The van der Waals surface area contributed by atoms with Crippen molar-refractivity contribution in [3.05, 3.63) is 47.7 Å². The number of benzene rings is 1. The second-order valence-corrected chi connectivity index (χ2v) is 5.78. The Morgan fingerprint density at radius 1 is 1.25 bits per heavy atom. The largest absolute Gasteiger partial charge is 0.481 e. The van der Waals surface area contributed by atoms with Crippen molar-refractivity contribution in [1.29, 1.82) is 0 Å². The summed E-state index contributed by atoms with van der Waals surface area (Å²) in [4.78, 5) is 25.9. The summed E-state index contributed by atoms with van der Waals surface area (Å²) in [5.41, 5.74) is -0.192. The number of rotatable bonds is 4. The summed E-state index contributed by atoms with van der Waals surface area (Å²) in [6.45, 7) is 0.673. The molecule has 7 nitrogen and oxygen atoms in total. The highest BCUT2D eigenvalue weighted by atomic mass is 16.5. The standard InChI is InChI=1S/C17H18N2O5/c1-23-14-11-13(24-18-14)15(20)19-9-7-17(8-10-19,16(21)22)12-5-3-2-4-6-12/h2-6,11H,7-10H2,1H3,(H,21,22). The van der Waals surface area contributed by atoms with Gasteiger partial charge in [0.15, 0.2) is 0 Å². The van der Waals surface area contributed by atoms with E-state index in [2.05, 4.69) is 5.16 Å². The molecule has 1 aliphatic rings. The number of aromatic nitrogens is 1. The number of carbonyl (C=O) groups excluding carboxylic acids is 1. The number of ether oxygens (including phenoxy) is 1. The summed E-state index contributed by atoms with van der Waals surface area (Å²) in [5.74, 6) is -0.839. The highest BCUT2D eigenvalue weighted by Crippen LogP contribution is 2.36. The normalized spacial score (nSPS) is 16.6. The number of likely N-dealkylation sites (tertiary alicyclic amines) is 1. The molecule has 3 rings (SSSR count). The van der Waals surface area contributed by atoms with Gasteiger partial charge in [-0.1, -0.05) is 30.3 Å². The molecule has 0 bridgehead atoms. The first-order valence-corrected chi connectivity index (χ1v) is 7.66. The quantitative estimate of drug-likeness (QED) is 0.921. The first kappa shape index (κ1) is 16.0. The number of carboxylic acids is 1. The number of piperidine rings is 1. The molecule has 1 N–H and O–H groups in total. The van der Waals surface area contributed by atoms with Gasteiger partial charge in [0.2, 0.25) is 5.76 Å². The van der Waals surface area contributed by atoms with Crippen LogP contribution in [0.25, 0.3) is 0 Å². The van der Waals surface area contributed by atoms with Crippen LogP contribution in [0.3, 0.4) is 0 Å². The molecule has 1 saturated heterocycles. The minimum Gasteiger partial charge on any atom is -0.481 e. The zero-order chi connectivity index (χ0) is 17.2. The SMILES string of the molecule is COc1cc(C(=O)N2CCC(C(=O)O)(c3ccccc3)CC2)on1. The Morgan fingerprint density at radius 3 is 2.46 bits per heavy atom. The van der Waals surface area contributed by atoms with Crippen molar-refractivity contribution in [2.24, 2.45) is 0 Å². The number of carboxylic acid groups (broad SMARTS) is 1. The van der Waals surface area contributed by atoms with Crippen molar-refractivity contribution in [2.45, 2.75) is 18.3 Å². The fourth-order valence-electron chi connectivity index (χ4n) is 3.09. The van der Waals surface area contributed by atoms with Crippen LogP contribution in [0, 0.1) is 0 Å². The van der Waals surface area contributed by atoms with Crippen molar-refractivity contribution in [2.75, 3.05) is 20.2 Å². The zero-order valence-corrected chi connectivity index (χ0v) is 13.3. The van der Waals surface area contributed by atoms with E-state index in [1.54, 1.807) is 4.90 Å². The third-order valence-electron chi connectivity index (χ3n) is 4.55. The first-order valence-electron chi connectivity index (χ1n) is 7.66. The Bertz CT molecular complexity index is 732. The van der Waals surface area contributed by atoms with E-state index in [0.29, 0.717) is 25.9 Å². The van der Waals surface area contributed by atoms with Gasteiger partial charge in [0, 0.05) is 13.1 Å². The van der Waals surface area contributed by atoms with Crippen LogP contribution in [0.15, 0.2) is 40.9 Å². The Balaban J connectivity index is 1.76. The number of methoxy groups -OCH3 is 1. The average Bonchev–Trinajstić information content (AvgIpc) is 3.11. The summed E-state index contributed by atoms with van der Waals surface area (Å²) in [5, 5.41) is 13.4. The fourth-order valence-corrected chi connectivity index (χ4v) is 3.09. The predicted octanol–water partition coefficient (Wildman–Crippen LogP) is 1.94. The van der Waals surface area contributed by atoms with Crippen LogP contribution in [0.4, 0.5) is 0 Å². The molecule has 0 aliphatic carbocycles. The number of hydrogen-bond acceptors (Lipinski definition) is 5. The lowest BCUT2D eigenvalue weighted by Crippen LogP contribution is -2.49. The average molecular weight is 330 g/mol. The van der Waals surface area contributed by atoms with Crippen LogP contribution in [0.2, 0.25) is 0 Å². The van der Waals surface area contributed by atoms with Gasteiger partial charge in [-0.25, -0.2) is 0 Å². The summed E-state index contributed by atoms with van der Waals surface area (Å²) in [6.07, 6.45) is 0.701. The van der Waals surface area contributed by atoms with E-state index in [4.69, 9.17) is 9.26 Å². The summed E-state index contributed by atoms with van der Waals surface area (Å²) in [6, 6.07) is 10.6. The molecule has 2 heterocycles. The lowest BCUT2D eigenvalue weighted by atomic mass is 9.73. The molecule has 0 spiro atoms. The van der Waals surface area contributed by atoms with Gasteiger partial charge in [-0.2, -0.15) is 0 Å². The van der Waals surface area contributed by atoms with E-state index < -0.39 is 11.4 Å². The Kier molecular flexibility index (Phi) is 4.24. The Labute approximate surface area is 138 Å². The number of hydrogen-bond donors (Lipinski definition) is 1. The van der Waals surface area contributed by atoms with Gasteiger partial charge in [-0.3, -0.25) is 9.59 Å². The van der Waals surface area contributed by atoms with E-state index in [1.165, 1.54) is 13.2 Å². The maximum absolute atomic E-state index is 12.4. The number of aliphatic carboxylic acids is 1. The molecule has 1 aliphatic heterocycles. The smallest absolute Gasteiger partial charge is 0.314 e. The minimum absolute atomic E-state index is 0.0920. The Hall–Kier alpha value is -2.83. The maximum atomic E-state index is 12.4. The van der Waals surface area contributed by atoms with Crippen molar-refractivity contribution in [1.82, 2.24) is 10.1 Å². The predicted molar refractivity (Wildman–Crippen MR) is 83.9 cm³/mol. The maximum Gasteiger partial charge on any atom is 0.314 e. The van der Waals surface area contributed by atoms with Crippen LogP contribution in [0.5, 0.6) is 5.88 Å². The van der Waals surface area contributed by atoms with Crippen molar-refractivity contribution < 1.29 is 24.0 Å². The van der Waals surface area contributed by atoms with Gasteiger partial charge in [-0.05, 0) is 23.6 Å². The number of amides is 1. The van der Waals surface area contributed by atoms with E-state index in [9.17, 15) is 14.7 Å². The lowest BCUT2D eigenvalue weighted by molar-refractivity contribution is -0.145. The molecule has 0 unspecified atom stereocenters. The van der Waals surface area contributed by atoms with E-state index in [0.717, 1.165) is 5.56 Å². The molecule has 0 radical (unpaired) electrons. The molecule has 1 amide bonds. The molecule has 0 atom stereocenters. The summed E-state index contributed by atoms with van der Waals surface area (Å²) < 4.78 is 9.87. The van der Waals surface area contributed by atoms with Crippen molar-refractivity contribution >= 4 is 11.9 Å². The summed E-state index contributed by atoms with van der Waals surface area (Å²) >= 11 is 0. The second kappa shape index (κ2) is 6.35. The number of carbonyl (C=O) groups is 2. The van der Waals surface area contributed by atoms with Crippen LogP contribution < -0.4 is 4.74 Å². The van der Waals surface area contributed by atoms with Gasteiger partial charge in [0.25, 0.3) is 11.8 Å². The van der Waals surface area contributed by atoms with Gasteiger partial charge in [0.05, 0.1) is 18.6 Å². The third kappa shape index (κ3) is 2.73. The van der Waals surface area contributed by atoms with E-state index >= 15 is 0 Å². The van der Waals surface area contributed by atoms with Gasteiger partial charge >= 0.3 is 5.97 Å². The monoisotopic (exact) mass is 330 g/mol. The van der Waals surface area contributed by atoms with Gasteiger partial charge in [0.1, 0.15) is 0 Å². The van der Waals surface area contributed by atoms with Crippen LogP contribution in [0.1, 0.15) is 29.0 Å². The van der Waals surface area contributed by atoms with Gasteiger partial charge in [-0.15, -0.1) is 0 Å². The zero-order valence-electron chi connectivity index (χ0n) is 13.3. The number of nitrogens with zero attached hydrogens (tertiary/aromatic N) is 2. The molecule has 1 fully saturated rings. The van der Waals surface area contributed by atoms with Crippen LogP contribution >= 0.6 is 0 Å². The molecule has 126 valence electrons.